The minimum absolute atomic E-state index is 0.303. The minimum atomic E-state index is -0.303. The molecule has 94 valence electrons. The van der Waals surface area contributed by atoms with Crippen LogP contribution in [0.4, 0.5) is 0 Å². The maximum Gasteiger partial charge on any atom is 0.0883 e. The van der Waals surface area contributed by atoms with E-state index in [1.165, 1.54) is 37.7 Å². The van der Waals surface area contributed by atoms with Crippen LogP contribution in [-0.4, -0.2) is 16.1 Å². The summed E-state index contributed by atoms with van der Waals surface area (Å²) in [7, 11) is 0. The molecule has 1 aliphatic rings. The van der Waals surface area contributed by atoms with Crippen LogP contribution < -0.4 is 0 Å². The van der Waals surface area contributed by atoms with E-state index in [1.807, 2.05) is 30.0 Å². The second-order valence-electron chi connectivity index (χ2n) is 4.97. The van der Waals surface area contributed by atoms with Crippen molar-refractivity contribution in [2.75, 3.05) is 5.75 Å². The molecule has 1 aliphatic carbocycles. The number of benzene rings is 1. The fourth-order valence-corrected chi connectivity index (χ4v) is 3.81. The van der Waals surface area contributed by atoms with Gasteiger partial charge >= 0.3 is 0 Å². The van der Waals surface area contributed by atoms with Gasteiger partial charge in [0, 0.05) is 11.0 Å². The van der Waals surface area contributed by atoms with Gasteiger partial charge in [0.2, 0.25) is 0 Å². The molecule has 1 aromatic rings. The van der Waals surface area contributed by atoms with E-state index in [0.29, 0.717) is 0 Å². The highest BCUT2D eigenvalue weighted by Gasteiger charge is 2.17. The van der Waals surface area contributed by atoms with Crippen molar-refractivity contribution in [1.29, 1.82) is 0 Å². The molecule has 0 spiro atoms. The SMILES string of the molecule is Cc1ccccc1C(O)CSC1CCCCC1. The summed E-state index contributed by atoms with van der Waals surface area (Å²) in [5.41, 5.74) is 2.29. The molecule has 0 radical (unpaired) electrons. The van der Waals surface area contributed by atoms with E-state index in [2.05, 4.69) is 13.0 Å². The summed E-state index contributed by atoms with van der Waals surface area (Å²) in [6.07, 6.45) is 6.52. The maximum atomic E-state index is 10.2. The summed E-state index contributed by atoms with van der Waals surface area (Å²) < 4.78 is 0. The molecule has 0 heterocycles. The van der Waals surface area contributed by atoms with Crippen molar-refractivity contribution >= 4 is 11.8 Å². The van der Waals surface area contributed by atoms with Gasteiger partial charge < -0.3 is 5.11 Å². The van der Waals surface area contributed by atoms with Crippen molar-refractivity contribution in [1.82, 2.24) is 0 Å². The normalized spacial score (nSPS) is 19.2. The molecule has 1 N–H and O–H groups in total. The smallest absolute Gasteiger partial charge is 0.0883 e. The summed E-state index contributed by atoms with van der Waals surface area (Å²) in [6, 6.07) is 8.15. The molecule has 1 fully saturated rings. The summed E-state index contributed by atoms with van der Waals surface area (Å²) in [5.74, 6) is 0.843. The zero-order valence-electron chi connectivity index (χ0n) is 10.6. The van der Waals surface area contributed by atoms with Gasteiger partial charge in [-0.25, -0.2) is 0 Å². The predicted molar refractivity (Wildman–Crippen MR) is 75.5 cm³/mol. The molecule has 0 aromatic heterocycles. The number of aliphatic hydroxyl groups is 1. The van der Waals surface area contributed by atoms with Crippen LogP contribution in [0.25, 0.3) is 0 Å². The first-order valence-corrected chi connectivity index (χ1v) is 7.67. The fourth-order valence-electron chi connectivity index (χ4n) is 2.51. The lowest BCUT2D eigenvalue weighted by atomic mass is 10.0. The van der Waals surface area contributed by atoms with E-state index in [1.54, 1.807) is 0 Å². The van der Waals surface area contributed by atoms with Crippen LogP contribution >= 0.6 is 11.8 Å². The van der Waals surface area contributed by atoms with Crippen LogP contribution in [0.15, 0.2) is 24.3 Å². The van der Waals surface area contributed by atoms with Gasteiger partial charge in [-0.05, 0) is 30.9 Å². The monoisotopic (exact) mass is 250 g/mol. The Balaban J connectivity index is 1.84. The number of hydrogen-bond acceptors (Lipinski definition) is 2. The van der Waals surface area contributed by atoms with E-state index in [-0.39, 0.29) is 6.10 Å². The molecular formula is C15H22OS. The third-order valence-corrected chi connectivity index (χ3v) is 5.04. The second kappa shape index (κ2) is 6.46. The Bertz CT molecular complexity index is 345. The molecular weight excluding hydrogens is 228 g/mol. The highest BCUT2D eigenvalue weighted by atomic mass is 32.2. The third-order valence-electron chi connectivity index (χ3n) is 3.59. The molecule has 2 heteroatoms. The minimum Gasteiger partial charge on any atom is -0.388 e. The van der Waals surface area contributed by atoms with Gasteiger partial charge in [0.15, 0.2) is 0 Å². The Morgan fingerprint density at radius 3 is 2.65 bits per heavy atom. The predicted octanol–water partition coefficient (Wildman–Crippen LogP) is 4.09. The summed E-state index contributed by atoms with van der Waals surface area (Å²) in [6.45, 7) is 2.07. The van der Waals surface area contributed by atoms with Crippen LogP contribution in [0.5, 0.6) is 0 Å². The van der Waals surface area contributed by atoms with Gasteiger partial charge in [0.1, 0.15) is 0 Å². The Hall–Kier alpha value is -0.470. The molecule has 1 atom stereocenters. The Morgan fingerprint density at radius 2 is 1.94 bits per heavy atom. The number of thioether (sulfide) groups is 1. The molecule has 0 aliphatic heterocycles. The Morgan fingerprint density at radius 1 is 1.24 bits per heavy atom. The zero-order valence-corrected chi connectivity index (χ0v) is 11.4. The van der Waals surface area contributed by atoms with Gasteiger partial charge in [-0.3, -0.25) is 0 Å². The van der Waals surface area contributed by atoms with E-state index >= 15 is 0 Å². The maximum absolute atomic E-state index is 10.2. The van der Waals surface area contributed by atoms with Crippen molar-refractivity contribution in [3.8, 4) is 0 Å². The van der Waals surface area contributed by atoms with Crippen molar-refractivity contribution in [3.05, 3.63) is 35.4 Å². The lowest BCUT2D eigenvalue weighted by Crippen LogP contribution is -2.11. The van der Waals surface area contributed by atoms with Gasteiger partial charge in [-0.15, -0.1) is 0 Å². The molecule has 17 heavy (non-hydrogen) atoms. The number of hydrogen-bond donors (Lipinski definition) is 1. The van der Waals surface area contributed by atoms with E-state index in [4.69, 9.17) is 0 Å². The standard InChI is InChI=1S/C15H22OS/c1-12-7-5-6-10-14(12)15(16)11-17-13-8-3-2-4-9-13/h5-7,10,13,15-16H,2-4,8-9,11H2,1H3. The average Bonchev–Trinajstić information content (AvgIpc) is 2.38. The zero-order chi connectivity index (χ0) is 12.1. The van der Waals surface area contributed by atoms with Crippen molar-refractivity contribution in [3.63, 3.8) is 0 Å². The van der Waals surface area contributed by atoms with Crippen LogP contribution in [0.1, 0.15) is 49.3 Å². The molecule has 1 aromatic carbocycles. The van der Waals surface area contributed by atoms with Crippen molar-refractivity contribution in [2.24, 2.45) is 0 Å². The summed E-state index contributed by atoms with van der Waals surface area (Å²) in [5, 5.41) is 11.0. The third kappa shape index (κ3) is 3.75. The molecule has 2 rings (SSSR count). The highest BCUT2D eigenvalue weighted by molar-refractivity contribution is 7.99. The van der Waals surface area contributed by atoms with Crippen molar-refractivity contribution < 1.29 is 5.11 Å². The Labute approximate surface area is 109 Å². The molecule has 0 saturated heterocycles. The van der Waals surface area contributed by atoms with E-state index in [9.17, 15) is 5.11 Å². The largest absolute Gasteiger partial charge is 0.388 e. The molecule has 1 saturated carbocycles. The molecule has 1 unspecified atom stereocenters. The van der Waals surface area contributed by atoms with Gasteiger partial charge in [-0.1, -0.05) is 43.5 Å². The van der Waals surface area contributed by atoms with Crippen LogP contribution in [-0.2, 0) is 0 Å². The number of aryl methyl sites for hydroxylation is 1. The molecule has 0 bridgehead atoms. The number of aliphatic hydroxyl groups excluding tert-OH is 1. The molecule has 1 nitrogen and oxygen atoms in total. The molecule has 0 amide bonds. The lowest BCUT2D eigenvalue weighted by Gasteiger charge is -2.22. The van der Waals surface area contributed by atoms with Gasteiger partial charge in [0.25, 0.3) is 0 Å². The topological polar surface area (TPSA) is 20.2 Å². The highest BCUT2D eigenvalue weighted by Crippen LogP contribution is 2.31. The number of rotatable bonds is 4. The first kappa shape index (κ1) is 13.0. The van der Waals surface area contributed by atoms with E-state index < -0.39 is 0 Å². The fraction of sp³-hybridized carbons (Fsp3) is 0.600. The first-order chi connectivity index (χ1) is 8.27. The van der Waals surface area contributed by atoms with Crippen LogP contribution in [0, 0.1) is 6.92 Å². The first-order valence-electron chi connectivity index (χ1n) is 6.62. The van der Waals surface area contributed by atoms with Gasteiger partial charge in [0.05, 0.1) is 6.10 Å². The van der Waals surface area contributed by atoms with E-state index in [0.717, 1.165) is 16.6 Å². The van der Waals surface area contributed by atoms with Crippen LogP contribution in [0.3, 0.4) is 0 Å². The second-order valence-corrected chi connectivity index (χ2v) is 6.30. The van der Waals surface area contributed by atoms with Crippen molar-refractivity contribution in [2.45, 2.75) is 50.4 Å². The summed E-state index contributed by atoms with van der Waals surface area (Å²) in [4.78, 5) is 0. The Kier molecular flexibility index (Phi) is 4.93. The van der Waals surface area contributed by atoms with Crippen LogP contribution in [0.2, 0.25) is 0 Å². The lowest BCUT2D eigenvalue weighted by molar-refractivity contribution is 0.203. The summed E-state index contributed by atoms with van der Waals surface area (Å²) >= 11 is 1.96. The van der Waals surface area contributed by atoms with Gasteiger partial charge in [-0.2, -0.15) is 11.8 Å². The average molecular weight is 250 g/mol. The quantitative estimate of drug-likeness (QED) is 0.868.